The third-order valence-corrected chi connectivity index (χ3v) is 5.01. The Balaban J connectivity index is 1.88. The Kier molecular flexibility index (Phi) is 10.9. The number of aromatic hydroxyl groups is 1. The van der Waals surface area contributed by atoms with Gasteiger partial charge in [0.2, 0.25) is 5.75 Å². The summed E-state index contributed by atoms with van der Waals surface area (Å²) in [6, 6.07) is 5.26. The standard InChI is InChI=1S/C25H36O5/c1-3-5-7-9-10-11-12-14-17-28-20-15-16-21-22(19-20)30-25(27)23(26)24(21)29-18-13-8-6-4-2/h6,8,15-16,19,26H,3-5,7,9-14,17-18H2,1-2H3. The molecule has 1 aromatic carbocycles. The molecule has 0 amide bonds. The number of hydrogen-bond acceptors (Lipinski definition) is 5. The van der Waals surface area contributed by atoms with Gasteiger partial charge < -0.3 is 19.0 Å². The molecule has 0 radical (unpaired) electrons. The highest BCUT2D eigenvalue weighted by Gasteiger charge is 2.15. The number of ether oxygens (including phenoxy) is 2. The van der Waals surface area contributed by atoms with Gasteiger partial charge in [-0.15, -0.1) is 0 Å². The molecule has 0 aliphatic rings. The van der Waals surface area contributed by atoms with E-state index in [1.165, 1.54) is 38.5 Å². The minimum absolute atomic E-state index is 0.167. The van der Waals surface area contributed by atoms with Gasteiger partial charge >= 0.3 is 5.63 Å². The van der Waals surface area contributed by atoms with Crippen LogP contribution in [0.5, 0.6) is 17.2 Å². The van der Waals surface area contributed by atoms with E-state index in [1.807, 2.05) is 12.1 Å². The molecule has 166 valence electrons. The second-order valence-corrected chi connectivity index (χ2v) is 7.57. The summed E-state index contributed by atoms with van der Waals surface area (Å²) in [5, 5.41) is 10.6. The summed E-state index contributed by atoms with van der Waals surface area (Å²) in [6.45, 7) is 5.31. The maximum Gasteiger partial charge on any atom is 0.382 e. The molecule has 0 aliphatic carbocycles. The molecule has 0 bridgehead atoms. The minimum Gasteiger partial charge on any atom is -0.499 e. The van der Waals surface area contributed by atoms with E-state index in [0.717, 1.165) is 19.3 Å². The molecular formula is C25H36O5. The second kappa shape index (κ2) is 13.7. The highest BCUT2D eigenvalue weighted by atomic mass is 16.5. The van der Waals surface area contributed by atoms with Gasteiger partial charge in [0.15, 0.2) is 5.75 Å². The highest BCUT2D eigenvalue weighted by molar-refractivity contribution is 5.86. The van der Waals surface area contributed by atoms with E-state index in [0.29, 0.717) is 36.4 Å². The minimum atomic E-state index is -0.804. The molecule has 2 rings (SSSR count). The fourth-order valence-corrected chi connectivity index (χ4v) is 3.32. The first-order valence-corrected chi connectivity index (χ1v) is 11.4. The van der Waals surface area contributed by atoms with Gasteiger partial charge in [-0.3, -0.25) is 0 Å². The summed E-state index contributed by atoms with van der Waals surface area (Å²) in [5.41, 5.74) is -0.452. The van der Waals surface area contributed by atoms with E-state index < -0.39 is 11.4 Å². The first-order chi connectivity index (χ1) is 14.7. The lowest BCUT2D eigenvalue weighted by molar-refractivity contribution is 0.298. The number of unbranched alkanes of at least 4 members (excludes halogenated alkanes) is 7. The van der Waals surface area contributed by atoms with E-state index >= 15 is 0 Å². The Morgan fingerprint density at radius 2 is 1.67 bits per heavy atom. The fraction of sp³-hybridized carbons (Fsp3) is 0.560. The Labute approximate surface area is 179 Å². The Morgan fingerprint density at radius 1 is 0.933 bits per heavy atom. The van der Waals surface area contributed by atoms with Crippen molar-refractivity contribution < 1.29 is 19.0 Å². The summed E-state index contributed by atoms with van der Waals surface area (Å²) in [4.78, 5) is 12.0. The normalized spacial score (nSPS) is 11.4. The van der Waals surface area contributed by atoms with Gasteiger partial charge in [-0.25, -0.2) is 4.79 Å². The number of allylic oxidation sites excluding steroid dienone is 1. The van der Waals surface area contributed by atoms with Crippen molar-refractivity contribution in [2.45, 2.75) is 78.1 Å². The van der Waals surface area contributed by atoms with Gasteiger partial charge in [0.1, 0.15) is 11.3 Å². The topological polar surface area (TPSA) is 68.9 Å². The third kappa shape index (κ3) is 7.77. The third-order valence-electron chi connectivity index (χ3n) is 5.01. The molecular weight excluding hydrogens is 380 g/mol. The molecule has 1 N–H and O–H groups in total. The number of benzene rings is 1. The van der Waals surface area contributed by atoms with Crippen molar-refractivity contribution in [3.05, 3.63) is 40.8 Å². The van der Waals surface area contributed by atoms with Gasteiger partial charge in [0, 0.05) is 6.07 Å². The molecule has 2 aromatic rings. The SMILES string of the molecule is CCC=CCCOc1c(O)c(=O)oc2cc(OCCCCCCCCCC)ccc12. The van der Waals surface area contributed by atoms with E-state index in [1.54, 1.807) is 12.1 Å². The summed E-state index contributed by atoms with van der Waals surface area (Å²) >= 11 is 0. The molecule has 1 heterocycles. The predicted octanol–water partition coefficient (Wildman–Crippen LogP) is 6.75. The molecule has 0 spiro atoms. The summed E-state index contributed by atoms with van der Waals surface area (Å²) < 4.78 is 16.7. The first kappa shape index (κ1) is 23.8. The van der Waals surface area contributed by atoms with E-state index in [-0.39, 0.29) is 5.75 Å². The van der Waals surface area contributed by atoms with Crippen molar-refractivity contribution in [3.8, 4) is 17.2 Å². The maximum absolute atomic E-state index is 12.0. The van der Waals surface area contributed by atoms with Crippen LogP contribution < -0.4 is 15.1 Å². The van der Waals surface area contributed by atoms with Crippen LogP contribution in [-0.4, -0.2) is 18.3 Å². The zero-order valence-electron chi connectivity index (χ0n) is 18.5. The Morgan fingerprint density at radius 3 is 2.40 bits per heavy atom. The average Bonchev–Trinajstić information content (AvgIpc) is 2.74. The monoisotopic (exact) mass is 416 g/mol. The molecule has 0 fully saturated rings. The lowest BCUT2D eigenvalue weighted by atomic mass is 10.1. The van der Waals surface area contributed by atoms with Crippen LogP contribution in [0.2, 0.25) is 0 Å². The van der Waals surface area contributed by atoms with Gasteiger partial charge in [-0.05, 0) is 31.4 Å². The average molecular weight is 417 g/mol. The van der Waals surface area contributed by atoms with Crippen molar-refractivity contribution in [1.82, 2.24) is 0 Å². The molecule has 0 atom stereocenters. The summed E-state index contributed by atoms with van der Waals surface area (Å²) in [5.74, 6) is 0.325. The molecule has 5 heteroatoms. The molecule has 30 heavy (non-hydrogen) atoms. The van der Waals surface area contributed by atoms with E-state index in [2.05, 4.69) is 19.9 Å². The molecule has 5 nitrogen and oxygen atoms in total. The van der Waals surface area contributed by atoms with E-state index in [4.69, 9.17) is 13.9 Å². The van der Waals surface area contributed by atoms with Gasteiger partial charge in [-0.1, -0.05) is 70.9 Å². The largest absolute Gasteiger partial charge is 0.499 e. The van der Waals surface area contributed by atoms with Crippen LogP contribution in [0.4, 0.5) is 0 Å². The van der Waals surface area contributed by atoms with Crippen molar-refractivity contribution in [1.29, 1.82) is 0 Å². The van der Waals surface area contributed by atoms with Crippen LogP contribution in [0.25, 0.3) is 11.0 Å². The Bertz CT molecular complexity index is 837. The number of rotatable bonds is 15. The maximum atomic E-state index is 12.0. The van der Waals surface area contributed by atoms with Crippen molar-refractivity contribution in [2.24, 2.45) is 0 Å². The van der Waals surface area contributed by atoms with Crippen molar-refractivity contribution in [2.75, 3.05) is 13.2 Å². The van der Waals surface area contributed by atoms with Crippen LogP contribution in [0.3, 0.4) is 0 Å². The van der Waals surface area contributed by atoms with Crippen molar-refractivity contribution >= 4 is 11.0 Å². The molecule has 0 aliphatic heterocycles. The number of hydrogen-bond donors (Lipinski definition) is 1. The molecule has 1 aromatic heterocycles. The smallest absolute Gasteiger partial charge is 0.382 e. The van der Waals surface area contributed by atoms with Crippen molar-refractivity contribution in [3.63, 3.8) is 0 Å². The molecule has 0 unspecified atom stereocenters. The van der Waals surface area contributed by atoms with Crippen LogP contribution in [0.1, 0.15) is 78.1 Å². The van der Waals surface area contributed by atoms with Gasteiger partial charge in [-0.2, -0.15) is 0 Å². The molecule has 0 saturated carbocycles. The van der Waals surface area contributed by atoms with Crippen LogP contribution in [0.15, 0.2) is 39.6 Å². The van der Waals surface area contributed by atoms with Gasteiger partial charge in [0.05, 0.1) is 18.6 Å². The Hall–Kier alpha value is -2.43. The summed E-state index contributed by atoms with van der Waals surface area (Å²) in [7, 11) is 0. The van der Waals surface area contributed by atoms with Crippen LogP contribution in [-0.2, 0) is 0 Å². The second-order valence-electron chi connectivity index (χ2n) is 7.57. The highest BCUT2D eigenvalue weighted by Crippen LogP contribution is 2.33. The fourth-order valence-electron chi connectivity index (χ4n) is 3.32. The zero-order valence-corrected chi connectivity index (χ0v) is 18.5. The lowest BCUT2D eigenvalue weighted by Gasteiger charge is -2.11. The van der Waals surface area contributed by atoms with E-state index in [9.17, 15) is 9.90 Å². The lowest BCUT2D eigenvalue weighted by Crippen LogP contribution is -2.05. The van der Waals surface area contributed by atoms with Crippen LogP contribution in [0, 0.1) is 0 Å². The molecule has 0 saturated heterocycles. The first-order valence-electron chi connectivity index (χ1n) is 11.4. The predicted molar refractivity (Wildman–Crippen MR) is 122 cm³/mol. The zero-order chi connectivity index (χ0) is 21.6. The number of fused-ring (bicyclic) bond motifs is 1. The summed E-state index contributed by atoms with van der Waals surface area (Å²) in [6.07, 6.45) is 15.7. The quantitative estimate of drug-likeness (QED) is 0.197. The van der Waals surface area contributed by atoms with Crippen LogP contribution >= 0.6 is 0 Å². The van der Waals surface area contributed by atoms with Gasteiger partial charge in [0.25, 0.3) is 0 Å².